The van der Waals surface area contributed by atoms with Crippen LogP contribution in [0, 0.1) is 5.41 Å². The molecular weight excluding hydrogens is 396 g/mol. The zero-order valence-electron chi connectivity index (χ0n) is 18.8. The average molecular weight is 431 g/mol. The normalized spacial score (nSPS) is 12.6. The Morgan fingerprint density at radius 3 is 2.10 bits per heavy atom. The van der Waals surface area contributed by atoms with Crippen molar-refractivity contribution in [2.75, 3.05) is 0 Å². The van der Waals surface area contributed by atoms with Gasteiger partial charge in [-0.25, -0.2) is 9.97 Å². The van der Waals surface area contributed by atoms with E-state index in [4.69, 9.17) is 16.3 Å². The highest BCUT2D eigenvalue weighted by molar-refractivity contribution is 6.30. The van der Waals surface area contributed by atoms with E-state index in [1.165, 1.54) is 50.5 Å². The van der Waals surface area contributed by atoms with Gasteiger partial charge in [0, 0.05) is 18.0 Å². The topological polar surface area (TPSA) is 52.1 Å². The fourth-order valence-electron chi connectivity index (χ4n) is 3.11. The van der Waals surface area contributed by atoms with Crippen LogP contribution in [0.15, 0.2) is 36.7 Å². The van der Waals surface area contributed by atoms with E-state index in [2.05, 4.69) is 16.9 Å². The number of nitrogens with zero attached hydrogens (tertiary/aromatic N) is 2. The summed E-state index contributed by atoms with van der Waals surface area (Å²) in [7, 11) is 0. The van der Waals surface area contributed by atoms with Crippen molar-refractivity contribution in [3.8, 4) is 17.1 Å². The fourth-order valence-corrected chi connectivity index (χ4v) is 3.16. The van der Waals surface area contributed by atoms with E-state index in [9.17, 15) is 4.79 Å². The average Bonchev–Trinajstić information content (AvgIpc) is 2.73. The lowest BCUT2D eigenvalue weighted by molar-refractivity contribution is -0.135. The number of halogens is 1. The molecule has 1 atom stereocenters. The van der Waals surface area contributed by atoms with Gasteiger partial charge in [-0.3, -0.25) is 4.79 Å². The first kappa shape index (κ1) is 24.3. The number of carbonyl (C=O) groups excluding carboxylic acids is 1. The Labute approximate surface area is 186 Å². The van der Waals surface area contributed by atoms with E-state index < -0.39 is 11.3 Å². The van der Waals surface area contributed by atoms with Crippen LogP contribution in [0.3, 0.4) is 0 Å². The number of rotatable bonds is 11. The first-order valence-electron chi connectivity index (χ1n) is 11.1. The summed E-state index contributed by atoms with van der Waals surface area (Å²) in [5.74, 6) is 0.693. The third-order valence-corrected chi connectivity index (χ3v) is 5.91. The lowest BCUT2D eigenvalue weighted by atomic mass is 9.92. The number of hydrogen-bond donors (Lipinski definition) is 0. The molecular formula is C25H35ClN2O2. The van der Waals surface area contributed by atoms with Crippen LogP contribution in [0.4, 0.5) is 0 Å². The molecule has 164 valence electrons. The predicted molar refractivity (Wildman–Crippen MR) is 124 cm³/mol. The van der Waals surface area contributed by atoms with Crippen molar-refractivity contribution in [1.82, 2.24) is 9.97 Å². The summed E-state index contributed by atoms with van der Waals surface area (Å²) in [5, 5.41) is -0.704. The van der Waals surface area contributed by atoms with E-state index in [0.717, 1.165) is 12.0 Å². The molecule has 0 amide bonds. The predicted octanol–water partition coefficient (Wildman–Crippen LogP) is 7.00. The lowest BCUT2D eigenvalue weighted by Gasteiger charge is -2.23. The van der Waals surface area contributed by atoms with Crippen LogP contribution in [0.25, 0.3) is 11.4 Å². The van der Waals surface area contributed by atoms with Gasteiger partial charge in [-0.2, -0.15) is 0 Å². The van der Waals surface area contributed by atoms with Crippen LogP contribution in [-0.2, 0) is 11.2 Å². The Morgan fingerprint density at radius 2 is 1.53 bits per heavy atom. The zero-order valence-corrected chi connectivity index (χ0v) is 19.5. The number of unbranched alkanes of at least 4 members (excludes halogenated alkanes) is 6. The molecule has 2 rings (SSSR count). The number of alkyl halides is 1. The highest BCUT2D eigenvalue weighted by Gasteiger charge is 2.30. The summed E-state index contributed by atoms with van der Waals surface area (Å²) in [5.41, 5.74) is 1.70. The highest BCUT2D eigenvalue weighted by atomic mass is 35.5. The van der Waals surface area contributed by atoms with Crippen LogP contribution < -0.4 is 4.74 Å². The van der Waals surface area contributed by atoms with Crippen molar-refractivity contribution in [3.05, 3.63) is 42.2 Å². The summed E-state index contributed by atoms with van der Waals surface area (Å²) in [6.07, 6.45) is 14.0. The Bertz CT molecular complexity index is 767. The third kappa shape index (κ3) is 8.06. The quantitative estimate of drug-likeness (QED) is 0.167. The Balaban J connectivity index is 1.83. The standard InChI is InChI=1S/C25H35ClN2O2/c1-5-6-7-8-9-10-11-12-19-17-27-23(28-18-19)20-13-15-21(16-14-20)30-24(29)22(26)25(2,3)4/h13-18,22H,5-12H2,1-4H3. The van der Waals surface area contributed by atoms with Crippen molar-refractivity contribution in [2.45, 2.75) is 84.4 Å². The number of carbonyl (C=O) groups is 1. The molecule has 2 aromatic rings. The Morgan fingerprint density at radius 1 is 0.967 bits per heavy atom. The molecule has 1 heterocycles. The van der Waals surface area contributed by atoms with Gasteiger partial charge in [0.1, 0.15) is 11.1 Å². The molecule has 1 unspecified atom stereocenters. The smallest absolute Gasteiger partial charge is 0.329 e. The monoisotopic (exact) mass is 430 g/mol. The zero-order chi connectivity index (χ0) is 22.0. The number of aryl methyl sites for hydroxylation is 1. The van der Waals surface area contributed by atoms with E-state index in [-0.39, 0.29) is 5.41 Å². The summed E-state index contributed by atoms with van der Waals surface area (Å²) < 4.78 is 5.39. The van der Waals surface area contributed by atoms with Crippen LogP contribution in [0.2, 0.25) is 0 Å². The minimum atomic E-state index is -0.704. The Hall–Kier alpha value is -1.94. The maximum atomic E-state index is 12.1. The molecule has 5 heteroatoms. The molecule has 0 aliphatic heterocycles. The van der Waals surface area contributed by atoms with Crippen molar-refractivity contribution >= 4 is 17.6 Å². The molecule has 0 saturated carbocycles. The van der Waals surface area contributed by atoms with E-state index >= 15 is 0 Å². The number of hydrogen-bond acceptors (Lipinski definition) is 4. The van der Waals surface area contributed by atoms with E-state index in [1.54, 1.807) is 12.1 Å². The minimum Gasteiger partial charge on any atom is -0.425 e. The summed E-state index contributed by atoms with van der Waals surface area (Å²) in [4.78, 5) is 21.1. The van der Waals surface area contributed by atoms with E-state index in [1.807, 2.05) is 45.3 Å². The number of benzene rings is 1. The van der Waals surface area contributed by atoms with Crippen molar-refractivity contribution < 1.29 is 9.53 Å². The second kappa shape index (κ2) is 12.0. The molecule has 0 fully saturated rings. The van der Waals surface area contributed by atoms with Crippen LogP contribution in [0.5, 0.6) is 5.75 Å². The largest absolute Gasteiger partial charge is 0.425 e. The van der Waals surface area contributed by atoms with Crippen molar-refractivity contribution in [2.24, 2.45) is 5.41 Å². The molecule has 0 saturated heterocycles. The highest BCUT2D eigenvalue weighted by Crippen LogP contribution is 2.27. The first-order chi connectivity index (χ1) is 14.3. The first-order valence-corrected chi connectivity index (χ1v) is 11.5. The summed E-state index contributed by atoms with van der Waals surface area (Å²) >= 11 is 6.18. The van der Waals surface area contributed by atoms with Crippen molar-refractivity contribution in [3.63, 3.8) is 0 Å². The molecule has 0 N–H and O–H groups in total. The summed E-state index contributed by atoms with van der Waals surface area (Å²) in [6, 6.07) is 7.20. The number of ether oxygens (including phenoxy) is 1. The van der Waals surface area contributed by atoms with Crippen LogP contribution in [-0.4, -0.2) is 21.3 Å². The second-order valence-electron chi connectivity index (χ2n) is 8.96. The maximum Gasteiger partial charge on any atom is 0.329 e. The maximum absolute atomic E-state index is 12.1. The van der Waals surface area contributed by atoms with Crippen molar-refractivity contribution in [1.29, 1.82) is 0 Å². The van der Waals surface area contributed by atoms with Gasteiger partial charge in [0.2, 0.25) is 0 Å². The molecule has 0 bridgehead atoms. The molecule has 0 aliphatic rings. The van der Waals surface area contributed by atoms with E-state index in [0.29, 0.717) is 11.6 Å². The molecule has 4 nitrogen and oxygen atoms in total. The molecule has 30 heavy (non-hydrogen) atoms. The minimum absolute atomic E-state index is 0.358. The van der Waals surface area contributed by atoms with Gasteiger partial charge in [0.05, 0.1) is 0 Å². The van der Waals surface area contributed by atoms with Gasteiger partial charge in [0.15, 0.2) is 5.82 Å². The fraction of sp³-hybridized carbons (Fsp3) is 0.560. The van der Waals surface area contributed by atoms with Gasteiger partial charge in [-0.05, 0) is 48.1 Å². The number of esters is 1. The molecule has 0 radical (unpaired) electrons. The molecule has 0 spiro atoms. The lowest BCUT2D eigenvalue weighted by Crippen LogP contribution is -2.32. The number of aromatic nitrogens is 2. The van der Waals surface area contributed by atoms with Gasteiger partial charge < -0.3 is 4.74 Å². The second-order valence-corrected chi connectivity index (χ2v) is 9.40. The van der Waals surface area contributed by atoms with Crippen LogP contribution >= 0.6 is 11.6 Å². The van der Waals surface area contributed by atoms with Gasteiger partial charge in [-0.15, -0.1) is 11.6 Å². The SMILES string of the molecule is CCCCCCCCCc1cnc(-c2ccc(OC(=O)C(Cl)C(C)(C)C)cc2)nc1. The van der Waals surface area contributed by atoms with Gasteiger partial charge in [0.25, 0.3) is 0 Å². The molecule has 1 aromatic heterocycles. The molecule has 1 aromatic carbocycles. The van der Waals surface area contributed by atoms with Gasteiger partial charge >= 0.3 is 5.97 Å². The summed E-state index contributed by atoms with van der Waals surface area (Å²) in [6.45, 7) is 7.97. The van der Waals surface area contributed by atoms with Crippen LogP contribution in [0.1, 0.15) is 78.2 Å². The molecule has 0 aliphatic carbocycles. The third-order valence-electron chi connectivity index (χ3n) is 5.07. The van der Waals surface area contributed by atoms with Gasteiger partial charge in [-0.1, -0.05) is 66.2 Å². The Kier molecular flexibility index (Phi) is 9.77.